The standard InChI is InChI=1S/C20H26BrNO4/c1-14(20(24)22(2)17-7-5-4-6-8-17)26-19(23)12-9-15-13-16(21)10-11-18(15)25-3/h9-14,17H,4-8H2,1-3H3/b12-9+/t14-/m0/s1. The summed E-state index contributed by atoms with van der Waals surface area (Å²) in [7, 11) is 3.37. The van der Waals surface area contributed by atoms with Gasteiger partial charge in [0.1, 0.15) is 5.75 Å². The van der Waals surface area contributed by atoms with E-state index in [1.54, 1.807) is 38.1 Å². The quantitative estimate of drug-likeness (QED) is 0.508. The fourth-order valence-corrected chi connectivity index (χ4v) is 3.57. The van der Waals surface area contributed by atoms with E-state index in [9.17, 15) is 9.59 Å². The van der Waals surface area contributed by atoms with Gasteiger partial charge < -0.3 is 14.4 Å². The van der Waals surface area contributed by atoms with E-state index in [1.165, 1.54) is 12.5 Å². The van der Waals surface area contributed by atoms with Crippen LogP contribution in [0.4, 0.5) is 0 Å². The zero-order chi connectivity index (χ0) is 19.1. The molecular weight excluding hydrogens is 398 g/mol. The molecule has 1 saturated carbocycles. The van der Waals surface area contributed by atoms with Crippen molar-refractivity contribution >= 4 is 33.9 Å². The van der Waals surface area contributed by atoms with Gasteiger partial charge in [0.2, 0.25) is 0 Å². The normalized spacial score (nSPS) is 16.3. The number of esters is 1. The van der Waals surface area contributed by atoms with Crippen molar-refractivity contribution in [2.24, 2.45) is 0 Å². The smallest absolute Gasteiger partial charge is 0.331 e. The zero-order valence-electron chi connectivity index (χ0n) is 15.5. The molecule has 0 aromatic heterocycles. The number of ether oxygens (including phenoxy) is 2. The number of nitrogens with zero attached hydrogens (tertiary/aromatic N) is 1. The summed E-state index contributed by atoms with van der Waals surface area (Å²) in [6.07, 6.45) is 7.69. The Kier molecular flexibility index (Phi) is 7.69. The van der Waals surface area contributed by atoms with Crippen LogP contribution in [0.25, 0.3) is 6.08 Å². The highest BCUT2D eigenvalue weighted by atomic mass is 79.9. The average molecular weight is 424 g/mol. The molecule has 1 aromatic rings. The maximum absolute atomic E-state index is 12.5. The summed E-state index contributed by atoms with van der Waals surface area (Å²) in [6.45, 7) is 1.62. The Morgan fingerprint density at radius 1 is 1.27 bits per heavy atom. The molecule has 0 unspecified atom stereocenters. The third kappa shape index (κ3) is 5.59. The van der Waals surface area contributed by atoms with Gasteiger partial charge in [-0.05, 0) is 44.0 Å². The van der Waals surface area contributed by atoms with Crippen molar-refractivity contribution in [1.82, 2.24) is 4.90 Å². The molecule has 0 spiro atoms. The van der Waals surface area contributed by atoms with Gasteiger partial charge in [-0.25, -0.2) is 4.79 Å². The Morgan fingerprint density at radius 3 is 2.62 bits per heavy atom. The van der Waals surface area contributed by atoms with Gasteiger partial charge in [-0.3, -0.25) is 4.79 Å². The van der Waals surface area contributed by atoms with E-state index in [-0.39, 0.29) is 11.9 Å². The second kappa shape index (κ2) is 9.76. The number of amides is 1. The number of carbonyl (C=O) groups is 2. The molecule has 0 heterocycles. The Bertz CT molecular complexity index is 668. The Balaban J connectivity index is 1.94. The summed E-state index contributed by atoms with van der Waals surface area (Å²) in [4.78, 5) is 26.3. The lowest BCUT2D eigenvalue weighted by atomic mass is 9.94. The first-order valence-corrected chi connectivity index (χ1v) is 9.70. The predicted octanol–water partition coefficient (Wildman–Crippen LogP) is 4.19. The molecule has 6 heteroatoms. The van der Waals surface area contributed by atoms with Crippen molar-refractivity contribution in [2.45, 2.75) is 51.2 Å². The monoisotopic (exact) mass is 423 g/mol. The minimum atomic E-state index is -0.802. The van der Waals surface area contributed by atoms with Gasteiger partial charge in [-0.2, -0.15) is 0 Å². The molecule has 0 bridgehead atoms. The molecule has 1 atom stereocenters. The highest BCUT2D eigenvalue weighted by Gasteiger charge is 2.27. The minimum Gasteiger partial charge on any atom is -0.496 e. The van der Waals surface area contributed by atoms with Gasteiger partial charge in [-0.1, -0.05) is 35.2 Å². The lowest BCUT2D eigenvalue weighted by Crippen LogP contribution is -2.44. The maximum atomic E-state index is 12.5. The lowest BCUT2D eigenvalue weighted by molar-refractivity contribution is -0.156. The first kappa shape index (κ1) is 20.5. The Morgan fingerprint density at radius 2 is 1.96 bits per heavy atom. The minimum absolute atomic E-state index is 0.154. The molecule has 1 aromatic carbocycles. The van der Waals surface area contributed by atoms with Gasteiger partial charge in [0, 0.05) is 29.2 Å². The predicted molar refractivity (Wildman–Crippen MR) is 105 cm³/mol. The van der Waals surface area contributed by atoms with Crippen LogP contribution in [0.5, 0.6) is 5.75 Å². The van der Waals surface area contributed by atoms with Gasteiger partial charge in [0.05, 0.1) is 7.11 Å². The lowest BCUT2D eigenvalue weighted by Gasteiger charge is -2.32. The highest BCUT2D eigenvalue weighted by Crippen LogP contribution is 2.24. The number of benzene rings is 1. The molecule has 0 saturated heterocycles. The van der Waals surface area contributed by atoms with Gasteiger partial charge in [-0.15, -0.1) is 0 Å². The fourth-order valence-electron chi connectivity index (χ4n) is 3.19. The van der Waals surface area contributed by atoms with Crippen molar-refractivity contribution in [1.29, 1.82) is 0 Å². The summed E-state index contributed by atoms with van der Waals surface area (Å²) in [5.74, 6) is -0.0537. The molecule has 0 radical (unpaired) electrons. The summed E-state index contributed by atoms with van der Waals surface area (Å²) in [5, 5.41) is 0. The Hall–Kier alpha value is -1.82. The van der Waals surface area contributed by atoms with Crippen LogP contribution in [0.1, 0.15) is 44.6 Å². The second-order valence-corrected chi connectivity index (χ2v) is 7.46. The molecule has 1 aliphatic rings. The molecular formula is C20H26BrNO4. The van der Waals surface area contributed by atoms with Gasteiger partial charge in [0.15, 0.2) is 6.10 Å². The fraction of sp³-hybridized carbons (Fsp3) is 0.500. The van der Waals surface area contributed by atoms with E-state index in [1.807, 2.05) is 12.1 Å². The molecule has 2 rings (SSSR count). The van der Waals surface area contributed by atoms with Crippen molar-refractivity contribution in [3.8, 4) is 5.75 Å². The summed E-state index contributed by atoms with van der Waals surface area (Å²) in [5.41, 5.74) is 0.747. The molecule has 26 heavy (non-hydrogen) atoms. The van der Waals surface area contributed by atoms with Crippen molar-refractivity contribution < 1.29 is 19.1 Å². The van der Waals surface area contributed by atoms with Crippen LogP contribution >= 0.6 is 15.9 Å². The molecule has 142 valence electrons. The summed E-state index contributed by atoms with van der Waals surface area (Å²) >= 11 is 3.39. The van der Waals surface area contributed by atoms with Crippen LogP contribution in [0, 0.1) is 0 Å². The van der Waals surface area contributed by atoms with E-state index in [4.69, 9.17) is 9.47 Å². The number of hydrogen-bond donors (Lipinski definition) is 0. The van der Waals surface area contributed by atoms with Crippen LogP contribution in [0.3, 0.4) is 0 Å². The number of carbonyl (C=O) groups excluding carboxylic acids is 2. The second-order valence-electron chi connectivity index (χ2n) is 6.54. The molecule has 0 aliphatic heterocycles. The molecule has 1 aliphatic carbocycles. The molecule has 1 amide bonds. The number of likely N-dealkylation sites (N-methyl/N-ethyl adjacent to an activating group) is 1. The third-order valence-electron chi connectivity index (χ3n) is 4.70. The third-order valence-corrected chi connectivity index (χ3v) is 5.19. The number of methoxy groups -OCH3 is 1. The van der Waals surface area contributed by atoms with Crippen LogP contribution in [-0.2, 0) is 14.3 Å². The molecule has 5 nitrogen and oxygen atoms in total. The number of halogens is 1. The van der Waals surface area contributed by atoms with Crippen LogP contribution in [-0.4, -0.2) is 43.1 Å². The number of hydrogen-bond acceptors (Lipinski definition) is 4. The van der Waals surface area contributed by atoms with Crippen LogP contribution in [0.2, 0.25) is 0 Å². The number of rotatable bonds is 6. The van der Waals surface area contributed by atoms with Gasteiger partial charge in [0.25, 0.3) is 5.91 Å². The van der Waals surface area contributed by atoms with E-state index in [2.05, 4.69) is 15.9 Å². The van der Waals surface area contributed by atoms with Gasteiger partial charge >= 0.3 is 5.97 Å². The maximum Gasteiger partial charge on any atom is 0.331 e. The van der Waals surface area contributed by atoms with Crippen molar-refractivity contribution in [3.05, 3.63) is 34.3 Å². The zero-order valence-corrected chi connectivity index (χ0v) is 17.1. The van der Waals surface area contributed by atoms with E-state index < -0.39 is 12.1 Å². The largest absolute Gasteiger partial charge is 0.496 e. The Labute approximate surface area is 163 Å². The first-order valence-electron chi connectivity index (χ1n) is 8.91. The molecule has 1 fully saturated rings. The van der Waals surface area contributed by atoms with Crippen LogP contribution < -0.4 is 4.74 Å². The van der Waals surface area contributed by atoms with E-state index >= 15 is 0 Å². The van der Waals surface area contributed by atoms with Crippen molar-refractivity contribution in [3.63, 3.8) is 0 Å². The molecule has 0 N–H and O–H groups in total. The summed E-state index contributed by atoms with van der Waals surface area (Å²) in [6, 6.07) is 5.75. The van der Waals surface area contributed by atoms with Crippen LogP contribution in [0.15, 0.2) is 28.7 Å². The average Bonchev–Trinajstić information content (AvgIpc) is 2.66. The first-order chi connectivity index (χ1) is 12.4. The SMILES string of the molecule is COc1ccc(Br)cc1/C=C/C(=O)O[C@@H](C)C(=O)N(C)C1CCCCC1. The summed E-state index contributed by atoms with van der Waals surface area (Å²) < 4.78 is 11.4. The topological polar surface area (TPSA) is 55.8 Å². The van der Waals surface area contributed by atoms with E-state index in [0.717, 1.165) is 35.7 Å². The van der Waals surface area contributed by atoms with E-state index in [0.29, 0.717) is 5.75 Å². The highest BCUT2D eigenvalue weighted by molar-refractivity contribution is 9.10. The van der Waals surface area contributed by atoms with Crippen molar-refractivity contribution in [2.75, 3.05) is 14.2 Å².